The maximum atomic E-state index is 12.5. The monoisotopic (exact) mass is 348 g/mol. The molecule has 1 atom stereocenters. The number of hydrogen-bond donors (Lipinski definition) is 1. The van der Waals surface area contributed by atoms with E-state index in [1.807, 2.05) is 25.1 Å². The van der Waals surface area contributed by atoms with Crippen molar-refractivity contribution in [1.82, 2.24) is 19.2 Å². The molecule has 1 aromatic heterocycles. The average molecular weight is 348 g/mol. The fraction of sp³-hybridized carbons (Fsp3) is 0.375. The number of carbonyl (C=O) groups is 1. The number of carbonyl (C=O) groups excluding carboxylic acids is 1. The van der Waals surface area contributed by atoms with Crippen molar-refractivity contribution < 1.29 is 13.2 Å². The minimum Gasteiger partial charge on any atom is -0.339 e. The highest BCUT2D eigenvalue weighted by Gasteiger charge is 2.28. The second-order valence-corrected chi connectivity index (χ2v) is 7.63. The molecule has 0 saturated carbocycles. The van der Waals surface area contributed by atoms with Crippen LogP contribution in [0.3, 0.4) is 0 Å². The summed E-state index contributed by atoms with van der Waals surface area (Å²) in [5.41, 5.74) is 2.35. The van der Waals surface area contributed by atoms with Crippen molar-refractivity contribution in [1.29, 1.82) is 0 Å². The lowest BCUT2D eigenvalue weighted by molar-refractivity contribution is -0.132. The third-order valence-electron chi connectivity index (χ3n) is 4.29. The first-order chi connectivity index (χ1) is 11.4. The number of nitrogens with zero attached hydrogens (tertiary/aromatic N) is 3. The summed E-state index contributed by atoms with van der Waals surface area (Å²) in [6, 6.07) is 7.95. The predicted octanol–water partition coefficient (Wildman–Crippen LogP) is 0.844. The fourth-order valence-corrected chi connectivity index (χ4v) is 3.92. The molecule has 0 unspecified atom stereocenters. The molecule has 0 fully saturated rings. The summed E-state index contributed by atoms with van der Waals surface area (Å²) in [6.45, 7) is 2.27. The van der Waals surface area contributed by atoms with Gasteiger partial charge in [-0.2, -0.15) is 0 Å². The van der Waals surface area contributed by atoms with E-state index in [-0.39, 0.29) is 23.5 Å². The highest BCUT2D eigenvalue weighted by atomic mass is 32.2. The molecular weight excluding hydrogens is 328 g/mol. The minimum absolute atomic E-state index is 0.0678. The summed E-state index contributed by atoms with van der Waals surface area (Å²) >= 11 is 0. The second kappa shape index (κ2) is 6.37. The van der Waals surface area contributed by atoms with Crippen LogP contribution in [-0.4, -0.2) is 41.9 Å². The first-order valence-electron chi connectivity index (χ1n) is 7.73. The van der Waals surface area contributed by atoms with E-state index in [1.165, 1.54) is 18.1 Å². The van der Waals surface area contributed by atoms with E-state index in [9.17, 15) is 13.2 Å². The van der Waals surface area contributed by atoms with Gasteiger partial charge in [0.1, 0.15) is 0 Å². The van der Waals surface area contributed by atoms with Crippen LogP contribution in [0.5, 0.6) is 0 Å². The van der Waals surface area contributed by atoms with Gasteiger partial charge >= 0.3 is 0 Å². The number of imidazole rings is 1. The van der Waals surface area contributed by atoms with Crippen LogP contribution in [0.2, 0.25) is 0 Å². The third kappa shape index (κ3) is 3.20. The van der Waals surface area contributed by atoms with E-state index >= 15 is 0 Å². The Bertz CT molecular complexity index is 860. The molecule has 1 aliphatic heterocycles. The molecule has 1 amide bonds. The first-order valence-corrected chi connectivity index (χ1v) is 9.22. The summed E-state index contributed by atoms with van der Waals surface area (Å²) in [6.07, 6.45) is 3.58. The van der Waals surface area contributed by atoms with Gasteiger partial charge in [-0.15, -0.1) is 0 Å². The van der Waals surface area contributed by atoms with Crippen molar-refractivity contribution in [3.8, 4) is 0 Å². The number of aromatic nitrogens is 2. The fourth-order valence-electron chi connectivity index (χ4n) is 2.97. The van der Waals surface area contributed by atoms with Crippen molar-refractivity contribution in [2.24, 2.45) is 7.05 Å². The Hall–Kier alpha value is -2.19. The summed E-state index contributed by atoms with van der Waals surface area (Å²) < 4.78 is 28.2. The van der Waals surface area contributed by atoms with Gasteiger partial charge in [0.05, 0.1) is 18.9 Å². The first kappa shape index (κ1) is 16.7. The molecule has 128 valence electrons. The average Bonchev–Trinajstić information content (AvgIpc) is 3.01. The molecular formula is C16H20N4O3S. The molecule has 0 bridgehead atoms. The van der Waals surface area contributed by atoms with Crippen LogP contribution in [0, 0.1) is 0 Å². The Morgan fingerprint density at radius 2 is 2.12 bits per heavy atom. The van der Waals surface area contributed by atoms with E-state index in [1.54, 1.807) is 16.5 Å². The number of sulfonamides is 1. The van der Waals surface area contributed by atoms with E-state index in [0.717, 1.165) is 12.0 Å². The standard InChI is InChI=1S/C16H20N4O3S/c1-12-14-6-4-3-5-13(14)7-8-20(12)16(21)9-18-24(22,23)15-10-19(2)11-17-15/h3-6,10-12,18H,7-9H2,1-2H3/t12-/m1/s1. The van der Waals surface area contributed by atoms with Crippen LogP contribution in [0.1, 0.15) is 24.1 Å². The van der Waals surface area contributed by atoms with Crippen LogP contribution in [-0.2, 0) is 28.3 Å². The Balaban J connectivity index is 1.68. The zero-order valence-electron chi connectivity index (χ0n) is 13.6. The molecule has 0 saturated heterocycles. The zero-order valence-corrected chi connectivity index (χ0v) is 14.5. The molecule has 8 heteroatoms. The van der Waals surface area contributed by atoms with Gasteiger partial charge in [0.15, 0.2) is 5.03 Å². The van der Waals surface area contributed by atoms with Gasteiger partial charge in [-0.3, -0.25) is 4.79 Å². The molecule has 1 N–H and O–H groups in total. The lowest BCUT2D eigenvalue weighted by Crippen LogP contribution is -2.44. The molecule has 0 radical (unpaired) electrons. The van der Waals surface area contributed by atoms with E-state index in [0.29, 0.717) is 6.54 Å². The molecule has 1 aromatic carbocycles. The number of rotatable bonds is 4. The largest absolute Gasteiger partial charge is 0.339 e. The van der Waals surface area contributed by atoms with Crippen molar-refractivity contribution in [3.05, 3.63) is 47.9 Å². The maximum Gasteiger partial charge on any atom is 0.260 e. The summed E-state index contributed by atoms with van der Waals surface area (Å²) in [5.74, 6) is -0.239. The topological polar surface area (TPSA) is 84.3 Å². The Kier molecular flexibility index (Phi) is 4.42. The molecule has 3 rings (SSSR count). The van der Waals surface area contributed by atoms with Crippen molar-refractivity contribution in [2.75, 3.05) is 13.1 Å². The Labute approximate surface area is 141 Å². The predicted molar refractivity (Wildman–Crippen MR) is 88.7 cm³/mol. The summed E-state index contributed by atoms with van der Waals surface area (Å²) in [7, 11) is -2.10. The van der Waals surface area contributed by atoms with Crippen molar-refractivity contribution in [2.45, 2.75) is 24.4 Å². The molecule has 0 aliphatic carbocycles. The quantitative estimate of drug-likeness (QED) is 0.887. The van der Waals surface area contributed by atoms with Crippen LogP contribution < -0.4 is 4.72 Å². The maximum absolute atomic E-state index is 12.5. The molecule has 2 heterocycles. The molecule has 2 aromatic rings. The summed E-state index contributed by atoms with van der Waals surface area (Å²) in [5, 5.41) is -0.0881. The Morgan fingerprint density at radius 1 is 1.38 bits per heavy atom. The summed E-state index contributed by atoms with van der Waals surface area (Å²) in [4.78, 5) is 18.0. The normalized spacial score (nSPS) is 17.6. The minimum atomic E-state index is -3.78. The van der Waals surface area contributed by atoms with Gasteiger partial charge < -0.3 is 9.47 Å². The molecule has 24 heavy (non-hydrogen) atoms. The van der Waals surface area contributed by atoms with Gasteiger partial charge in [-0.25, -0.2) is 18.1 Å². The van der Waals surface area contributed by atoms with E-state index < -0.39 is 10.0 Å². The van der Waals surface area contributed by atoms with Crippen LogP contribution >= 0.6 is 0 Å². The van der Waals surface area contributed by atoms with Crippen molar-refractivity contribution >= 4 is 15.9 Å². The Morgan fingerprint density at radius 3 is 2.83 bits per heavy atom. The number of amides is 1. The lowest BCUT2D eigenvalue weighted by Gasteiger charge is -2.35. The number of hydrogen-bond acceptors (Lipinski definition) is 4. The number of nitrogens with one attached hydrogen (secondary N) is 1. The highest BCUT2D eigenvalue weighted by molar-refractivity contribution is 7.89. The number of benzene rings is 1. The number of aryl methyl sites for hydroxylation is 1. The van der Waals surface area contributed by atoms with Gasteiger partial charge in [-0.05, 0) is 24.5 Å². The molecule has 0 spiro atoms. The van der Waals surface area contributed by atoms with E-state index in [2.05, 4.69) is 15.8 Å². The van der Waals surface area contributed by atoms with E-state index in [4.69, 9.17) is 0 Å². The molecule has 7 nitrogen and oxygen atoms in total. The van der Waals surface area contributed by atoms with Gasteiger partial charge in [-0.1, -0.05) is 24.3 Å². The molecule has 1 aliphatic rings. The third-order valence-corrected chi connectivity index (χ3v) is 5.57. The van der Waals surface area contributed by atoms with Crippen LogP contribution in [0.4, 0.5) is 0 Å². The van der Waals surface area contributed by atoms with Crippen molar-refractivity contribution in [3.63, 3.8) is 0 Å². The zero-order chi connectivity index (χ0) is 17.3. The SMILES string of the molecule is C[C@@H]1c2ccccc2CCN1C(=O)CNS(=O)(=O)c1cn(C)cn1. The lowest BCUT2D eigenvalue weighted by atomic mass is 9.93. The van der Waals surface area contributed by atoms with Crippen LogP contribution in [0.25, 0.3) is 0 Å². The van der Waals surface area contributed by atoms with Crippen LogP contribution in [0.15, 0.2) is 41.8 Å². The highest BCUT2D eigenvalue weighted by Crippen LogP contribution is 2.28. The number of fused-ring (bicyclic) bond motifs is 1. The van der Waals surface area contributed by atoms with Gasteiger partial charge in [0.2, 0.25) is 5.91 Å². The second-order valence-electron chi connectivity index (χ2n) is 5.91. The smallest absolute Gasteiger partial charge is 0.260 e. The van der Waals surface area contributed by atoms with Gasteiger partial charge in [0, 0.05) is 19.8 Å². The van der Waals surface area contributed by atoms with Gasteiger partial charge in [0.25, 0.3) is 10.0 Å².